The van der Waals surface area contributed by atoms with Gasteiger partial charge in [-0.3, -0.25) is 4.90 Å². The van der Waals surface area contributed by atoms with Crippen molar-refractivity contribution in [2.45, 2.75) is 18.9 Å². The van der Waals surface area contributed by atoms with Crippen LogP contribution in [0.15, 0.2) is 24.3 Å². The highest BCUT2D eigenvalue weighted by molar-refractivity contribution is 5.64. The van der Waals surface area contributed by atoms with Gasteiger partial charge in [0.1, 0.15) is 0 Å². The number of nitrogens with one attached hydrogen (secondary N) is 1. The van der Waals surface area contributed by atoms with Crippen LogP contribution in [0.4, 0.5) is 4.79 Å². The number of carbonyl (C=O) groups is 1. The van der Waals surface area contributed by atoms with Gasteiger partial charge < -0.3 is 15.2 Å². The third-order valence-corrected chi connectivity index (χ3v) is 3.79. The van der Waals surface area contributed by atoms with E-state index in [0.717, 1.165) is 44.8 Å². The summed E-state index contributed by atoms with van der Waals surface area (Å²) in [4.78, 5) is 13.3. The van der Waals surface area contributed by atoms with Gasteiger partial charge in [-0.1, -0.05) is 12.1 Å². The molecular weight excluding hydrogens is 282 g/mol. The smallest absolute Gasteiger partial charge is 0.404 e. The third-order valence-electron chi connectivity index (χ3n) is 3.79. The summed E-state index contributed by atoms with van der Waals surface area (Å²) in [6.45, 7) is 4.14. The summed E-state index contributed by atoms with van der Waals surface area (Å²) in [5.41, 5.74) is 1.64. The molecule has 118 valence electrons. The van der Waals surface area contributed by atoms with Gasteiger partial charge in [-0.25, -0.2) is 4.79 Å². The number of hydrogen-bond donors (Lipinski definition) is 2. The number of carboxylic acid groups (broad SMARTS) is 1. The quantitative estimate of drug-likeness (QED) is 0.831. The fraction of sp³-hybridized carbons (Fsp3) is 0.500. The number of ether oxygens (including phenoxy) is 1. The average Bonchev–Trinajstić information content (AvgIpc) is 2.54. The zero-order chi connectivity index (χ0) is 15.8. The van der Waals surface area contributed by atoms with Crippen LogP contribution >= 0.6 is 0 Å². The molecule has 0 aliphatic carbocycles. The van der Waals surface area contributed by atoms with Crippen molar-refractivity contribution in [1.29, 1.82) is 5.26 Å². The van der Waals surface area contributed by atoms with Crippen LogP contribution in [0.1, 0.15) is 17.5 Å². The van der Waals surface area contributed by atoms with E-state index >= 15 is 0 Å². The summed E-state index contributed by atoms with van der Waals surface area (Å²) in [5.74, 6) is 0. The molecule has 22 heavy (non-hydrogen) atoms. The molecule has 6 nitrogen and oxygen atoms in total. The summed E-state index contributed by atoms with van der Waals surface area (Å²) < 4.78 is 5.31. The molecule has 1 heterocycles. The number of rotatable bonds is 6. The maximum Gasteiger partial charge on any atom is 0.404 e. The molecule has 0 spiro atoms. The van der Waals surface area contributed by atoms with Crippen molar-refractivity contribution in [3.63, 3.8) is 0 Å². The zero-order valence-electron chi connectivity index (χ0n) is 12.5. The SMILES string of the molecule is N#Cc1ccc(C[C@H](CCN2CCOCC2)NC(=O)O)cc1. The Hall–Kier alpha value is -2.10. The van der Waals surface area contributed by atoms with Gasteiger partial charge in [-0.2, -0.15) is 5.26 Å². The van der Waals surface area contributed by atoms with Crippen molar-refractivity contribution in [3.05, 3.63) is 35.4 Å². The molecule has 0 saturated carbocycles. The molecule has 6 heteroatoms. The molecule has 1 aromatic carbocycles. The van der Waals surface area contributed by atoms with Gasteiger partial charge in [0.25, 0.3) is 0 Å². The van der Waals surface area contributed by atoms with E-state index in [9.17, 15) is 4.79 Å². The Morgan fingerprint density at radius 3 is 2.64 bits per heavy atom. The number of morpholine rings is 1. The van der Waals surface area contributed by atoms with E-state index < -0.39 is 6.09 Å². The highest BCUT2D eigenvalue weighted by Crippen LogP contribution is 2.10. The minimum Gasteiger partial charge on any atom is -0.465 e. The molecule has 1 aromatic rings. The summed E-state index contributed by atoms with van der Waals surface area (Å²) in [5, 5.41) is 20.4. The van der Waals surface area contributed by atoms with Crippen molar-refractivity contribution in [1.82, 2.24) is 10.2 Å². The van der Waals surface area contributed by atoms with E-state index in [1.54, 1.807) is 12.1 Å². The van der Waals surface area contributed by atoms with E-state index in [1.165, 1.54) is 0 Å². The summed E-state index contributed by atoms with van der Waals surface area (Å²) in [6.07, 6.45) is 0.384. The minimum atomic E-state index is -0.999. The molecule has 1 aliphatic rings. The van der Waals surface area contributed by atoms with E-state index in [4.69, 9.17) is 15.1 Å². The molecule has 1 atom stereocenters. The van der Waals surface area contributed by atoms with E-state index in [1.807, 2.05) is 12.1 Å². The summed E-state index contributed by atoms with van der Waals surface area (Å²) in [7, 11) is 0. The number of nitriles is 1. The molecule has 1 amide bonds. The van der Waals surface area contributed by atoms with Crippen LogP contribution in [0.25, 0.3) is 0 Å². The average molecular weight is 303 g/mol. The standard InChI is InChI=1S/C16H21N3O3/c17-12-14-3-1-13(2-4-14)11-15(18-16(20)21)5-6-19-7-9-22-10-8-19/h1-4,15,18H,5-11H2,(H,20,21)/t15-/m0/s1. The lowest BCUT2D eigenvalue weighted by atomic mass is 10.0. The molecule has 0 radical (unpaired) electrons. The monoisotopic (exact) mass is 303 g/mol. The predicted octanol–water partition coefficient (Wildman–Crippen LogP) is 1.46. The normalized spacial score (nSPS) is 16.7. The highest BCUT2D eigenvalue weighted by Gasteiger charge is 2.16. The predicted molar refractivity (Wildman–Crippen MR) is 81.7 cm³/mol. The van der Waals surface area contributed by atoms with Crippen LogP contribution < -0.4 is 5.32 Å². The second-order valence-corrected chi connectivity index (χ2v) is 5.40. The maximum absolute atomic E-state index is 11.0. The Labute approximate surface area is 130 Å². The lowest BCUT2D eigenvalue weighted by Gasteiger charge is -2.28. The van der Waals surface area contributed by atoms with Crippen LogP contribution in [0.5, 0.6) is 0 Å². The van der Waals surface area contributed by atoms with Gasteiger partial charge >= 0.3 is 6.09 Å². The molecule has 0 unspecified atom stereocenters. The van der Waals surface area contributed by atoms with E-state index in [0.29, 0.717) is 12.0 Å². The van der Waals surface area contributed by atoms with Gasteiger partial charge in [-0.05, 0) is 30.5 Å². The van der Waals surface area contributed by atoms with Gasteiger partial charge in [0, 0.05) is 25.7 Å². The second kappa shape index (κ2) is 8.37. The molecule has 2 rings (SSSR count). The highest BCUT2D eigenvalue weighted by atomic mass is 16.5. The van der Waals surface area contributed by atoms with Crippen molar-refractivity contribution >= 4 is 6.09 Å². The van der Waals surface area contributed by atoms with Crippen LogP contribution in [0.3, 0.4) is 0 Å². The molecule has 1 saturated heterocycles. The fourth-order valence-corrected chi connectivity index (χ4v) is 2.56. The minimum absolute atomic E-state index is 0.131. The fourth-order valence-electron chi connectivity index (χ4n) is 2.56. The number of nitrogens with zero attached hydrogens (tertiary/aromatic N) is 2. The molecule has 0 aromatic heterocycles. The van der Waals surface area contributed by atoms with Gasteiger partial charge in [-0.15, -0.1) is 0 Å². The van der Waals surface area contributed by atoms with Crippen molar-refractivity contribution in [3.8, 4) is 6.07 Å². The van der Waals surface area contributed by atoms with Gasteiger partial charge in [0.15, 0.2) is 0 Å². The van der Waals surface area contributed by atoms with Gasteiger partial charge in [0.2, 0.25) is 0 Å². The molecule has 0 bridgehead atoms. The van der Waals surface area contributed by atoms with Crippen LogP contribution in [0.2, 0.25) is 0 Å². The first-order chi connectivity index (χ1) is 10.7. The largest absolute Gasteiger partial charge is 0.465 e. The van der Waals surface area contributed by atoms with Crippen LogP contribution in [-0.2, 0) is 11.2 Å². The van der Waals surface area contributed by atoms with Crippen molar-refractivity contribution < 1.29 is 14.6 Å². The Morgan fingerprint density at radius 1 is 1.36 bits per heavy atom. The Morgan fingerprint density at radius 2 is 2.05 bits per heavy atom. The Kier molecular flexibility index (Phi) is 6.19. The molecule has 2 N–H and O–H groups in total. The first-order valence-electron chi connectivity index (χ1n) is 7.46. The Bertz CT molecular complexity index is 518. The van der Waals surface area contributed by atoms with E-state index in [2.05, 4.69) is 16.3 Å². The van der Waals surface area contributed by atoms with Crippen LogP contribution in [-0.4, -0.2) is 55.0 Å². The summed E-state index contributed by atoms with van der Waals surface area (Å²) in [6, 6.07) is 9.22. The molecular formula is C16H21N3O3. The zero-order valence-corrected chi connectivity index (χ0v) is 12.5. The lowest BCUT2D eigenvalue weighted by molar-refractivity contribution is 0.0361. The molecule has 1 aliphatic heterocycles. The number of amides is 1. The first kappa shape index (κ1) is 16.3. The summed E-state index contributed by atoms with van der Waals surface area (Å²) >= 11 is 0. The first-order valence-corrected chi connectivity index (χ1v) is 7.46. The Balaban J connectivity index is 1.89. The van der Waals surface area contributed by atoms with E-state index in [-0.39, 0.29) is 6.04 Å². The number of hydrogen-bond acceptors (Lipinski definition) is 4. The van der Waals surface area contributed by atoms with Crippen LogP contribution in [0, 0.1) is 11.3 Å². The van der Waals surface area contributed by atoms with Crippen molar-refractivity contribution in [2.75, 3.05) is 32.8 Å². The lowest BCUT2D eigenvalue weighted by Crippen LogP contribution is -2.42. The topological polar surface area (TPSA) is 85.6 Å². The second-order valence-electron chi connectivity index (χ2n) is 5.40. The van der Waals surface area contributed by atoms with Crippen molar-refractivity contribution in [2.24, 2.45) is 0 Å². The third kappa shape index (κ3) is 5.35. The molecule has 1 fully saturated rings. The van der Waals surface area contributed by atoms with Gasteiger partial charge in [0.05, 0.1) is 24.8 Å². The number of benzene rings is 1. The maximum atomic E-state index is 11.0.